The maximum atomic E-state index is 12.2. The minimum absolute atomic E-state index is 0.117. The van der Waals surface area contributed by atoms with Crippen LogP contribution in [0.5, 0.6) is 11.5 Å². The highest BCUT2D eigenvalue weighted by Crippen LogP contribution is 2.24. The maximum Gasteiger partial charge on any atom is 0.338 e. The molecule has 0 aliphatic carbocycles. The van der Waals surface area contributed by atoms with Crippen LogP contribution in [0.15, 0.2) is 47.0 Å². The monoisotopic (exact) mass is 468 g/mol. The van der Waals surface area contributed by atoms with Crippen LogP contribution in [0.1, 0.15) is 27.6 Å². The van der Waals surface area contributed by atoms with Gasteiger partial charge in [-0.3, -0.25) is 9.59 Å². The summed E-state index contributed by atoms with van der Waals surface area (Å²) in [6.45, 7) is 2.85. The van der Waals surface area contributed by atoms with Crippen molar-refractivity contribution in [2.45, 2.75) is 20.5 Å². The number of nitrogens with zero attached hydrogens (tertiary/aromatic N) is 2. The van der Waals surface area contributed by atoms with Crippen molar-refractivity contribution >= 4 is 23.5 Å². The molecule has 0 saturated carbocycles. The van der Waals surface area contributed by atoms with Gasteiger partial charge in [-0.15, -0.1) is 0 Å². The number of benzene rings is 2. The third kappa shape index (κ3) is 7.05. The van der Waals surface area contributed by atoms with Gasteiger partial charge in [0, 0.05) is 6.92 Å². The number of carbonyl (C=O) groups excluding carboxylic acids is 3. The number of nitrogens with one attached hydrogen (secondary N) is 2. The highest BCUT2D eigenvalue weighted by molar-refractivity contribution is 5.96. The molecule has 0 unspecified atom stereocenters. The van der Waals surface area contributed by atoms with Gasteiger partial charge < -0.3 is 29.4 Å². The highest BCUT2D eigenvalue weighted by Gasteiger charge is 2.13. The van der Waals surface area contributed by atoms with Crippen LogP contribution in [-0.4, -0.2) is 48.2 Å². The van der Waals surface area contributed by atoms with Gasteiger partial charge in [0.05, 0.1) is 24.9 Å². The van der Waals surface area contributed by atoms with Crippen LogP contribution in [0.2, 0.25) is 0 Å². The summed E-state index contributed by atoms with van der Waals surface area (Å²) in [5, 5.41) is 8.78. The number of aryl methyl sites for hydroxylation is 2. The predicted molar refractivity (Wildman–Crippen MR) is 119 cm³/mol. The van der Waals surface area contributed by atoms with Gasteiger partial charge in [0.1, 0.15) is 11.5 Å². The minimum Gasteiger partial charge on any atom is -0.495 e. The van der Waals surface area contributed by atoms with Crippen LogP contribution in [0.3, 0.4) is 0 Å². The van der Waals surface area contributed by atoms with E-state index in [9.17, 15) is 14.4 Å². The summed E-state index contributed by atoms with van der Waals surface area (Å²) in [5.74, 6) is 0.0785. The largest absolute Gasteiger partial charge is 0.495 e. The van der Waals surface area contributed by atoms with Crippen molar-refractivity contribution in [2.75, 3.05) is 25.6 Å². The van der Waals surface area contributed by atoms with E-state index in [2.05, 4.69) is 20.8 Å². The van der Waals surface area contributed by atoms with E-state index in [0.717, 1.165) is 5.56 Å². The number of esters is 1. The second kappa shape index (κ2) is 11.5. The second-order valence-electron chi connectivity index (χ2n) is 7.15. The molecule has 1 heterocycles. The molecule has 2 aromatic carbocycles. The van der Waals surface area contributed by atoms with E-state index in [1.165, 1.54) is 19.2 Å². The zero-order chi connectivity index (χ0) is 24.5. The van der Waals surface area contributed by atoms with Crippen LogP contribution in [0, 0.1) is 13.8 Å². The lowest BCUT2D eigenvalue weighted by atomic mass is 10.2. The van der Waals surface area contributed by atoms with Crippen LogP contribution in [0.25, 0.3) is 0 Å². The molecule has 0 bridgehead atoms. The molecule has 3 rings (SSSR count). The van der Waals surface area contributed by atoms with Gasteiger partial charge in [0.2, 0.25) is 17.6 Å². The molecule has 3 aromatic rings. The third-order valence-corrected chi connectivity index (χ3v) is 4.44. The van der Waals surface area contributed by atoms with Crippen LogP contribution >= 0.6 is 0 Å². The Hall–Kier alpha value is -4.41. The molecule has 2 N–H and O–H groups in total. The molecule has 0 radical (unpaired) electrons. The Kier molecular flexibility index (Phi) is 8.16. The lowest BCUT2D eigenvalue weighted by molar-refractivity contribution is -0.126. The number of carbonyl (C=O) groups is 3. The van der Waals surface area contributed by atoms with Crippen LogP contribution < -0.4 is 20.1 Å². The molecular formula is C23H24N4O7. The number of aromatic nitrogens is 2. The standard InChI is InChI=1S/C23H24N4O7/c1-14-4-9-19(31-3)18(10-14)26-21(28)11-24-22(29)13-33-23(30)16-5-7-17(8-6-16)32-12-20-25-15(2)34-27-20/h4-10H,11-13H2,1-3H3,(H,24,29)(H,26,28). The van der Waals surface area contributed by atoms with Gasteiger partial charge in [-0.1, -0.05) is 11.2 Å². The first-order valence-electron chi connectivity index (χ1n) is 10.2. The highest BCUT2D eigenvalue weighted by atomic mass is 16.5. The summed E-state index contributed by atoms with van der Waals surface area (Å²) in [5.41, 5.74) is 1.67. The summed E-state index contributed by atoms with van der Waals surface area (Å²) in [4.78, 5) is 40.3. The number of hydrogen-bond acceptors (Lipinski definition) is 9. The Labute approximate surface area is 195 Å². The number of rotatable bonds is 10. The summed E-state index contributed by atoms with van der Waals surface area (Å²) in [6, 6.07) is 11.5. The van der Waals surface area contributed by atoms with Crippen LogP contribution in [0.4, 0.5) is 5.69 Å². The van der Waals surface area contributed by atoms with Gasteiger partial charge in [-0.25, -0.2) is 4.79 Å². The Bertz CT molecular complexity index is 1160. The first-order chi connectivity index (χ1) is 16.3. The quantitative estimate of drug-likeness (QED) is 0.428. The molecule has 11 heteroatoms. The molecule has 34 heavy (non-hydrogen) atoms. The normalized spacial score (nSPS) is 10.3. The Balaban J connectivity index is 1.40. The molecule has 0 spiro atoms. The van der Waals surface area contributed by atoms with Crippen molar-refractivity contribution in [3.63, 3.8) is 0 Å². The van der Waals surface area contributed by atoms with E-state index in [1.807, 2.05) is 13.0 Å². The fourth-order valence-electron chi connectivity index (χ4n) is 2.79. The maximum absolute atomic E-state index is 12.2. The van der Waals surface area contributed by atoms with Gasteiger partial charge in [-0.05, 0) is 48.9 Å². The number of hydrogen-bond donors (Lipinski definition) is 2. The van der Waals surface area contributed by atoms with Gasteiger partial charge >= 0.3 is 5.97 Å². The van der Waals surface area contributed by atoms with Gasteiger partial charge in [-0.2, -0.15) is 4.98 Å². The van der Waals surface area contributed by atoms with E-state index in [1.54, 1.807) is 31.2 Å². The van der Waals surface area contributed by atoms with Crippen molar-refractivity contribution in [3.8, 4) is 11.5 Å². The molecule has 0 fully saturated rings. The van der Waals surface area contributed by atoms with E-state index in [4.69, 9.17) is 18.7 Å². The smallest absolute Gasteiger partial charge is 0.338 e. The van der Waals surface area contributed by atoms with Crippen molar-refractivity contribution in [3.05, 3.63) is 65.3 Å². The summed E-state index contributed by atoms with van der Waals surface area (Å²) in [6.07, 6.45) is 0. The fraction of sp³-hybridized carbons (Fsp3) is 0.261. The molecule has 178 valence electrons. The number of methoxy groups -OCH3 is 1. The molecule has 2 amide bonds. The molecule has 0 atom stereocenters. The predicted octanol–water partition coefficient (Wildman–Crippen LogP) is 2.19. The third-order valence-electron chi connectivity index (χ3n) is 4.44. The van der Waals surface area contributed by atoms with Crippen molar-refractivity contribution in [2.24, 2.45) is 0 Å². The van der Waals surface area contributed by atoms with Crippen molar-refractivity contribution in [1.82, 2.24) is 15.5 Å². The van der Waals surface area contributed by atoms with E-state index >= 15 is 0 Å². The number of anilines is 1. The number of amides is 2. The average Bonchev–Trinajstić information content (AvgIpc) is 3.25. The number of ether oxygens (including phenoxy) is 3. The van der Waals surface area contributed by atoms with Gasteiger partial charge in [0.25, 0.3) is 5.91 Å². The summed E-state index contributed by atoms with van der Waals surface area (Å²) in [7, 11) is 1.49. The zero-order valence-electron chi connectivity index (χ0n) is 18.9. The van der Waals surface area contributed by atoms with Crippen molar-refractivity contribution < 1.29 is 33.1 Å². The molecule has 11 nitrogen and oxygen atoms in total. The lowest BCUT2D eigenvalue weighted by Gasteiger charge is -2.11. The SMILES string of the molecule is COc1ccc(C)cc1NC(=O)CNC(=O)COC(=O)c1ccc(OCc2noc(C)n2)cc1. The second-order valence-corrected chi connectivity index (χ2v) is 7.15. The molecule has 0 aliphatic rings. The zero-order valence-corrected chi connectivity index (χ0v) is 18.9. The first-order valence-corrected chi connectivity index (χ1v) is 10.2. The Morgan fingerprint density at radius 3 is 2.47 bits per heavy atom. The summed E-state index contributed by atoms with van der Waals surface area (Å²) >= 11 is 0. The Morgan fingerprint density at radius 1 is 1.03 bits per heavy atom. The first kappa shape index (κ1) is 24.2. The van der Waals surface area contributed by atoms with E-state index in [-0.39, 0.29) is 18.7 Å². The summed E-state index contributed by atoms with van der Waals surface area (Å²) < 4.78 is 20.6. The lowest BCUT2D eigenvalue weighted by Crippen LogP contribution is -2.35. The van der Waals surface area contributed by atoms with E-state index < -0.39 is 24.4 Å². The molecule has 0 saturated heterocycles. The molecular weight excluding hydrogens is 444 g/mol. The van der Waals surface area contributed by atoms with Crippen molar-refractivity contribution in [1.29, 1.82) is 0 Å². The molecule has 0 aliphatic heterocycles. The fourth-order valence-corrected chi connectivity index (χ4v) is 2.79. The molecule has 1 aromatic heterocycles. The Morgan fingerprint density at radius 2 is 1.79 bits per heavy atom. The van der Waals surface area contributed by atoms with E-state index in [0.29, 0.717) is 28.9 Å². The topological polar surface area (TPSA) is 142 Å². The average molecular weight is 468 g/mol. The van der Waals surface area contributed by atoms with Crippen LogP contribution in [-0.2, 0) is 20.9 Å². The minimum atomic E-state index is -0.690. The van der Waals surface area contributed by atoms with Gasteiger partial charge in [0.15, 0.2) is 13.2 Å².